The molecule has 3 aromatic rings. The molecule has 11 heteroatoms. The maximum Gasteiger partial charge on any atom is 0.243 e. The summed E-state index contributed by atoms with van der Waals surface area (Å²) in [6, 6.07) is 18.8. The number of hydrogen-bond acceptors (Lipinski definition) is 4. The third-order valence-electron chi connectivity index (χ3n) is 6.97. The predicted octanol–water partition coefficient (Wildman–Crippen LogP) is 6.91. The molecule has 232 valence electrons. The van der Waals surface area contributed by atoms with Gasteiger partial charge in [-0.2, -0.15) is 0 Å². The molecular formula is C32H38Cl3N3O4S. The molecule has 0 saturated heterocycles. The Morgan fingerprint density at radius 1 is 0.930 bits per heavy atom. The van der Waals surface area contributed by atoms with Crippen LogP contribution in [-0.2, 0) is 32.6 Å². The minimum Gasteiger partial charge on any atom is -0.354 e. The van der Waals surface area contributed by atoms with Gasteiger partial charge in [0.25, 0.3) is 0 Å². The first-order valence-electron chi connectivity index (χ1n) is 14.1. The predicted molar refractivity (Wildman–Crippen MR) is 176 cm³/mol. The van der Waals surface area contributed by atoms with Gasteiger partial charge in [0.1, 0.15) is 6.04 Å². The van der Waals surface area contributed by atoms with Crippen molar-refractivity contribution in [3.05, 3.63) is 98.5 Å². The average Bonchev–Trinajstić information content (AvgIpc) is 2.94. The highest BCUT2D eigenvalue weighted by Crippen LogP contribution is 2.29. The van der Waals surface area contributed by atoms with E-state index >= 15 is 0 Å². The van der Waals surface area contributed by atoms with E-state index < -0.39 is 16.1 Å². The molecule has 0 heterocycles. The molecule has 1 atom stereocenters. The van der Waals surface area contributed by atoms with Gasteiger partial charge in [0.15, 0.2) is 0 Å². The highest BCUT2D eigenvalue weighted by atomic mass is 35.5. The Hall–Kier alpha value is -2.78. The molecule has 0 spiro atoms. The Labute approximate surface area is 270 Å². The number of anilines is 1. The van der Waals surface area contributed by atoms with E-state index in [1.165, 1.54) is 9.21 Å². The SMILES string of the molecule is Cc1c(Cl)cccc1N(CCCC(=O)N(Cc1ccc(Cl)cc1Cl)[C@H](Cc1ccccc1)C(=O)NCC(C)C)S(C)(=O)=O. The summed E-state index contributed by atoms with van der Waals surface area (Å²) in [6.07, 6.45) is 1.63. The van der Waals surface area contributed by atoms with Crippen LogP contribution in [0, 0.1) is 12.8 Å². The van der Waals surface area contributed by atoms with Gasteiger partial charge in [-0.3, -0.25) is 13.9 Å². The van der Waals surface area contributed by atoms with Crippen LogP contribution in [0.5, 0.6) is 0 Å². The fraction of sp³-hybridized carbons (Fsp3) is 0.375. The fourth-order valence-electron chi connectivity index (χ4n) is 4.66. The molecule has 3 aromatic carbocycles. The number of benzene rings is 3. The summed E-state index contributed by atoms with van der Waals surface area (Å²) in [6.45, 7) is 6.34. The standard InChI is InChI=1S/C32H38Cl3N3O4S/c1-22(2)20-36-32(40)30(18-24-10-6-5-7-11-24)37(21-25-15-16-26(33)19-28(25)35)31(39)14-9-17-38(43(4,41)42)29-13-8-12-27(34)23(29)3/h5-8,10-13,15-16,19,22,30H,9,14,17-18,20-21H2,1-4H3,(H,36,40)/t30-/m1/s1. The number of hydrogen-bond donors (Lipinski definition) is 1. The largest absolute Gasteiger partial charge is 0.354 e. The van der Waals surface area contributed by atoms with E-state index in [1.54, 1.807) is 43.3 Å². The normalized spacial score (nSPS) is 12.2. The Kier molecular flexibility index (Phi) is 12.8. The summed E-state index contributed by atoms with van der Waals surface area (Å²) in [5.41, 5.74) is 2.63. The Balaban J connectivity index is 1.93. The van der Waals surface area contributed by atoms with Gasteiger partial charge >= 0.3 is 0 Å². The van der Waals surface area contributed by atoms with Gasteiger partial charge < -0.3 is 10.2 Å². The number of halogens is 3. The zero-order chi connectivity index (χ0) is 31.7. The van der Waals surface area contributed by atoms with Crippen molar-refractivity contribution in [1.82, 2.24) is 10.2 Å². The van der Waals surface area contributed by atoms with E-state index in [1.807, 2.05) is 44.2 Å². The molecule has 0 aromatic heterocycles. The zero-order valence-electron chi connectivity index (χ0n) is 24.8. The Morgan fingerprint density at radius 2 is 1.63 bits per heavy atom. The fourth-order valence-corrected chi connectivity index (χ4v) is 6.31. The topological polar surface area (TPSA) is 86.8 Å². The minimum atomic E-state index is -3.66. The van der Waals surface area contributed by atoms with Crippen LogP contribution in [0.1, 0.15) is 43.4 Å². The molecular weight excluding hydrogens is 629 g/mol. The molecule has 0 aliphatic rings. The van der Waals surface area contributed by atoms with Crippen molar-refractivity contribution in [3.8, 4) is 0 Å². The summed E-state index contributed by atoms with van der Waals surface area (Å²) < 4.78 is 26.8. The lowest BCUT2D eigenvalue weighted by molar-refractivity contribution is -0.141. The molecule has 2 amide bonds. The second-order valence-electron chi connectivity index (χ2n) is 10.9. The lowest BCUT2D eigenvalue weighted by atomic mass is 10.0. The summed E-state index contributed by atoms with van der Waals surface area (Å²) in [4.78, 5) is 29.1. The van der Waals surface area contributed by atoms with Crippen molar-refractivity contribution >= 4 is 62.3 Å². The first-order chi connectivity index (χ1) is 20.3. The molecule has 0 radical (unpaired) electrons. The van der Waals surface area contributed by atoms with Gasteiger partial charge in [-0.15, -0.1) is 0 Å². The Bertz CT molecular complexity index is 1520. The molecule has 0 fully saturated rings. The summed E-state index contributed by atoms with van der Waals surface area (Å²) in [5, 5.41) is 4.27. The van der Waals surface area contributed by atoms with Crippen LogP contribution in [0.25, 0.3) is 0 Å². The van der Waals surface area contributed by atoms with Crippen LogP contribution in [-0.4, -0.2) is 50.5 Å². The summed E-state index contributed by atoms with van der Waals surface area (Å²) in [5.74, 6) is -0.362. The van der Waals surface area contributed by atoms with Gasteiger partial charge in [0, 0.05) is 47.5 Å². The highest BCUT2D eigenvalue weighted by molar-refractivity contribution is 7.92. The van der Waals surface area contributed by atoms with E-state index in [2.05, 4.69) is 5.32 Å². The number of rotatable bonds is 14. The van der Waals surface area contributed by atoms with E-state index in [0.717, 1.165) is 11.8 Å². The van der Waals surface area contributed by atoms with Crippen molar-refractivity contribution in [2.45, 2.75) is 52.6 Å². The quantitative estimate of drug-likeness (QED) is 0.203. The number of nitrogens with zero attached hydrogens (tertiary/aromatic N) is 2. The molecule has 0 saturated carbocycles. The monoisotopic (exact) mass is 665 g/mol. The van der Waals surface area contributed by atoms with E-state index in [4.69, 9.17) is 34.8 Å². The molecule has 0 unspecified atom stereocenters. The van der Waals surface area contributed by atoms with E-state index in [-0.39, 0.29) is 43.7 Å². The summed E-state index contributed by atoms with van der Waals surface area (Å²) >= 11 is 18.9. The molecule has 3 rings (SSSR count). The maximum absolute atomic E-state index is 14.0. The number of sulfonamides is 1. The van der Waals surface area contributed by atoms with Gasteiger partial charge in [-0.25, -0.2) is 8.42 Å². The number of nitrogens with one attached hydrogen (secondary N) is 1. The van der Waals surface area contributed by atoms with Crippen molar-refractivity contribution in [2.75, 3.05) is 23.7 Å². The van der Waals surface area contributed by atoms with Crippen LogP contribution in [0.2, 0.25) is 15.1 Å². The maximum atomic E-state index is 14.0. The van der Waals surface area contributed by atoms with Gasteiger partial charge in [-0.05, 0) is 60.2 Å². The molecule has 43 heavy (non-hydrogen) atoms. The lowest BCUT2D eigenvalue weighted by Gasteiger charge is -2.32. The van der Waals surface area contributed by atoms with Crippen LogP contribution < -0.4 is 9.62 Å². The van der Waals surface area contributed by atoms with Crippen molar-refractivity contribution in [2.24, 2.45) is 5.92 Å². The number of amides is 2. The third kappa shape index (κ3) is 10.1. The highest BCUT2D eigenvalue weighted by Gasteiger charge is 2.31. The molecule has 0 bridgehead atoms. The minimum absolute atomic E-state index is 0.000404. The second kappa shape index (κ2) is 15.8. The first-order valence-corrected chi connectivity index (χ1v) is 17.0. The third-order valence-corrected chi connectivity index (χ3v) is 9.15. The molecule has 1 N–H and O–H groups in total. The number of carbonyl (C=O) groups excluding carboxylic acids is 2. The van der Waals surface area contributed by atoms with Gasteiger partial charge in [0.05, 0.1) is 11.9 Å². The van der Waals surface area contributed by atoms with Crippen LogP contribution in [0.15, 0.2) is 66.7 Å². The van der Waals surface area contributed by atoms with Gasteiger partial charge in [0.2, 0.25) is 21.8 Å². The smallest absolute Gasteiger partial charge is 0.243 e. The van der Waals surface area contributed by atoms with Crippen molar-refractivity contribution in [1.29, 1.82) is 0 Å². The van der Waals surface area contributed by atoms with Crippen molar-refractivity contribution < 1.29 is 18.0 Å². The summed E-state index contributed by atoms with van der Waals surface area (Å²) in [7, 11) is -3.66. The molecule has 0 aliphatic carbocycles. The second-order valence-corrected chi connectivity index (χ2v) is 14.1. The molecule has 7 nitrogen and oxygen atoms in total. The van der Waals surface area contributed by atoms with Gasteiger partial charge in [-0.1, -0.05) is 91.1 Å². The van der Waals surface area contributed by atoms with E-state index in [0.29, 0.717) is 44.8 Å². The Morgan fingerprint density at radius 3 is 2.26 bits per heavy atom. The van der Waals surface area contributed by atoms with E-state index in [9.17, 15) is 18.0 Å². The lowest BCUT2D eigenvalue weighted by Crippen LogP contribution is -2.51. The van der Waals surface area contributed by atoms with Crippen LogP contribution in [0.4, 0.5) is 5.69 Å². The number of carbonyl (C=O) groups is 2. The van der Waals surface area contributed by atoms with Crippen LogP contribution in [0.3, 0.4) is 0 Å². The van der Waals surface area contributed by atoms with Crippen molar-refractivity contribution in [3.63, 3.8) is 0 Å². The van der Waals surface area contributed by atoms with Crippen LogP contribution >= 0.6 is 34.8 Å². The zero-order valence-corrected chi connectivity index (χ0v) is 27.9. The molecule has 0 aliphatic heterocycles. The first kappa shape index (κ1) is 34.7. The average molecular weight is 667 g/mol.